The Morgan fingerprint density at radius 1 is 1.00 bits per heavy atom. The van der Waals surface area contributed by atoms with Crippen molar-refractivity contribution in [3.8, 4) is 0 Å². The Morgan fingerprint density at radius 3 is 1.85 bits per heavy atom. The van der Waals surface area contributed by atoms with Crippen molar-refractivity contribution in [3.05, 3.63) is 0 Å². The van der Waals surface area contributed by atoms with Crippen molar-refractivity contribution >= 4 is 0 Å². The van der Waals surface area contributed by atoms with Crippen LogP contribution in [0.15, 0.2) is 0 Å². The lowest BCUT2D eigenvalue weighted by molar-refractivity contribution is 0.234. The second-order valence-corrected chi connectivity index (χ2v) is 3.48. The molecule has 1 unspecified atom stereocenters. The second kappa shape index (κ2) is 14.4. The lowest BCUT2D eigenvalue weighted by Crippen LogP contribution is -1.96. The van der Waals surface area contributed by atoms with Crippen LogP contribution in [-0.4, -0.2) is 23.4 Å². The maximum atomic E-state index is 8.33. The van der Waals surface area contributed by atoms with Gasteiger partial charge in [-0.25, -0.2) is 0 Å². The van der Waals surface area contributed by atoms with Gasteiger partial charge in [0.2, 0.25) is 0 Å². The number of hydrogen-bond acceptors (Lipinski definition) is 2. The quantitative estimate of drug-likeness (QED) is 0.632. The van der Waals surface area contributed by atoms with Crippen LogP contribution in [0.3, 0.4) is 0 Å². The van der Waals surface area contributed by atoms with Crippen molar-refractivity contribution in [3.63, 3.8) is 0 Å². The zero-order valence-corrected chi connectivity index (χ0v) is 9.42. The summed E-state index contributed by atoms with van der Waals surface area (Å²) in [5, 5.41) is 16.6. The minimum atomic E-state index is 0.330. The van der Waals surface area contributed by atoms with Crippen LogP contribution in [0.2, 0.25) is 0 Å². The molecular weight excluding hydrogens is 164 g/mol. The van der Waals surface area contributed by atoms with E-state index in [0.29, 0.717) is 19.1 Å². The van der Waals surface area contributed by atoms with Crippen molar-refractivity contribution in [2.75, 3.05) is 13.2 Å². The van der Waals surface area contributed by atoms with E-state index in [9.17, 15) is 0 Å². The molecule has 2 nitrogen and oxygen atoms in total. The van der Waals surface area contributed by atoms with Crippen LogP contribution in [0.25, 0.3) is 0 Å². The first-order chi connectivity index (χ1) is 6.22. The molecule has 0 saturated heterocycles. The summed E-state index contributed by atoms with van der Waals surface area (Å²) in [5.74, 6) is 0.491. The van der Waals surface area contributed by atoms with E-state index in [-0.39, 0.29) is 0 Å². The van der Waals surface area contributed by atoms with Gasteiger partial charge in [0.05, 0.1) is 0 Å². The topological polar surface area (TPSA) is 40.5 Å². The molecule has 0 rings (SSSR count). The Labute approximate surface area is 83.0 Å². The molecule has 0 heterocycles. The summed E-state index contributed by atoms with van der Waals surface area (Å²) in [6, 6.07) is 0. The average Bonchev–Trinajstić information content (AvgIpc) is 2.18. The standard InChI is InChI=1S/C6H14O.C5H12O/c1-2-3-4-5-6-7;1-3-5(2)4-6/h7H,2-6H2,1H3;5-6H,3-4H2,1-2H3. The van der Waals surface area contributed by atoms with Gasteiger partial charge in [0.25, 0.3) is 0 Å². The molecule has 13 heavy (non-hydrogen) atoms. The largest absolute Gasteiger partial charge is 0.396 e. The first-order valence-corrected chi connectivity index (χ1v) is 5.44. The van der Waals surface area contributed by atoms with E-state index in [1.807, 2.05) is 6.92 Å². The Morgan fingerprint density at radius 2 is 1.62 bits per heavy atom. The summed E-state index contributed by atoms with van der Waals surface area (Å²) < 4.78 is 0. The predicted molar refractivity (Wildman–Crippen MR) is 57.8 cm³/mol. The van der Waals surface area contributed by atoms with Gasteiger partial charge in [-0.2, -0.15) is 0 Å². The lowest BCUT2D eigenvalue weighted by atomic mass is 10.1. The van der Waals surface area contributed by atoms with E-state index in [4.69, 9.17) is 10.2 Å². The van der Waals surface area contributed by atoms with Crippen LogP contribution >= 0.6 is 0 Å². The van der Waals surface area contributed by atoms with Gasteiger partial charge in [-0.15, -0.1) is 0 Å². The van der Waals surface area contributed by atoms with E-state index >= 15 is 0 Å². The number of rotatable bonds is 6. The van der Waals surface area contributed by atoms with Crippen molar-refractivity contribution in [1.82, 2.24) is 0 Å². The summed E-state index contributed by atoms with van der Waals surface area (Å²) in [6.07, 6.45) is 5.76. The van der Waals surface area contributed by atoms with Gasteiger partial charge in [0, 0.05) is 13.2 Å². The lowest BCUT2D eigenvalue weighted by Gasteiger charge is -1.98. The van der Waals surface area contributed by atoms with E-state index in [2.05, 4.69) is 13.8 Å². The van der Waals surface area contributed by atoms with Gasteiger partial charge in [-0.05, 0) is 12.3 Å². The number of aliphatic hydroxyl groups is 2. The van der Waals surface area contributed by atoms with Crippen molar-refractivity contribution < 1.29 is 10.2 Å². The van der Waals surface area contributed by atoms with Crippen LogP contribution in [-0.2, 0) is 0 Å². The summed E-state index contributed by atoms with van der Waals surface area (Å²) >= 11 is 0. The first kappa shape index (κ1) is 15.4. The monoisotopic (exact) mass is 190 g/mol. The maximum absolute atomic E-state index is 8.33. The highest BCUT2D eigenvalue weighted by atomic mass is 16.3. The molecule has 0 amide bonds. The summed E-state index contributed by atoms with van der Waals surface area (Å²) in [4.78, 5) is 0. The molecule has 0 saturated carbocycles. The van der Waals surface area contributed by atoms with Gasteiger partial charge >= 0.3 is 0 Å². The molecule has 0 fully saturated rings. The van der Waals surface area contributed by atoms with E-state index in [1.165, 1.54) is 19.3 Å². The molecule has 0 bridgehead atoms. The molecule has 0 spiro atoms. The fourth-order valence-corrected chi connectivity index (χ4v) is 0.668. The third-order valence-corrected chi connectivity index (χ3v) is 2.02. The van der Waals surface area contributed by atoms with Crippen LogP contribution in [0, 0.1) is 5.92 Å². The molecule has 1 atom stereocenters. The van der Waals surface area contributed by atoms with E-state index in [0.717, 1.165) is 12.8 Å². The fraction of sp³-hybridized carbons (Fsp3) is 1.00. The van der Waals surface area contributed by atoms with Crippen LogP contribution in [0.4, 0.5) is 0 Å². The molecule has 0 radical (unpaired) electrons. The van der Waals surface area contributed by atoms with Crippen LogP contribution < -0.4 is 0 Å². The molecule has 82 valence electrons. The zero-order valence-electron chi connectivity index (χ0n) is 9.42. The summed E-state index contributed by atoms with van der Waals surface area (Å²) in [6.45, 7) is 6.95. The van der Waals surface area contributed by atoms with Gasteiger partial charge in [-0.1, -0.05) is 46.5 Å². The molecule has 2 heteroatoms. The zero-order chi connectivity index (χ0) is 10.5. The predicted octanol–water partition coefficient (Wildman–Crippen LogP) is 2.58. The van der Waals surface area contributed by atoms with E-state index in [1.54, 1.807) is 0 Å². The molecule has 0 aromatic carbocycles. The van der Waals surface area contributed by atoms with Gasteiger partial charge in [-0.3, -0.25) is 0 Å². The highest BCUT2D eigenvalue weighted by molar-refractivity contribution is 4.41. The Hall–Kier alpha value is -0.0800. The molecule has 0 aliphatic carbocycles. The molecule has 2 N–H and O–H groups in total. The summed E-state index contributed by atoms with van der Waals surface area (Å²) in [7, 11) is 0. The maximum Gasteiger partial charge on any atom is 0.0456 e. The fourth-order valence-electron chi connectivity index (χ4n) is 0.668. The Kier molecular flexibility index (Phi) is 17.1. The molecule has 0 aliphatic heterocycles. The van der Waals surface area contributed by atoms with Crippen molar-refractivity contribution in [1.29, 1.82) is 0 Å². The minimum absolute atomic E-state index is 0.330. The summed E-state index contributed by atoms with van der Waals surface area (Å²) in [5.41, 5.74) is 0. The number of aliphatic hydroxyl groups excluding tert-OH is 2. The first-order valence-electron chi connectivity index (χ1n) is 5.44. The normalized spacial score (nSPS) is 11.8. The smallest absolute Gasteiger partial charge is 0.0456 e. The SMILES string of the molecule is CCC(C)CO.CCCCCCO. The third kappa shape index (κ3) is 18.7. The van der Waals surface area contributed by atoms with Crippen LogP contribution in [0.1, 0.15) is 52.9 Å². The van der Waals surface area contributed by atoms with Gasteiger partial charge in [0.1, 0.15) is 0 Å². The highest BCUT2D eigenvalue weighted by Gasteiger charge is 1.90. The number of unbranched alkanes of at least 4 members (excludes halogenated alkanes) is 3. The van der Waals surface area contributed by atoms with Crippen molar-refractivity contribution in [2.24, 2.45) is 5.92 Å². The Balaban J connectivity index is 0. The van der Waals surface area contributed by atoms with Gasteiger partial charge in [0.15, 0.2) is 0 Å². The van der Waals surface area contributed by atoms with Gasteiger partial charge < -0.3 is 10.2 Å². The van der Waals surface area contributed by atoms with E-state index < -0.39 is 0 Å². The third-order valence-electron chi connectivity index (χ3n) is 2.02. The van der Waals surface area contributed by atoms with Crippen molar-refractivity contribution in [2.45, 2.75) is 52.9 Å². The molecular formula is C11H26O2. The molecule has 0 aliphatic rings. The average molecular weight is 190 g/mol. The molecule has 0 aromatic heterocycles. The number of hydrogen-bond donors (Lipinski definition) is 2. The second-order valence-electron chi connectivity index (χ2n) is 3.48. The Bertz CT molecular complexity index is 66.5. The minimum Gasteiger partial charge on any atom is -0.396 e. The molecule has 0 aromatic rings. The van der Waals surface area contributed by atoms with Crippen LogP contribution in [0.5, 0.6) is 0 Å². The highest BCUT2D eigenvalue weighted by Crippen LogP contribution is 1.96.